The minimum absolute atomic E-state index is 1.25. The Morgan fingerprint density at radius 2 is 0.773 bits per heavy atom. The number of rotatable bonds is 2. The second kappa shape index (κ2) is 7.94. The molecule has 0 spiro atoms. The molecule has 0 N–H and O–H groups in total. The van der Waals surface area contributed by atoms with Crippen LogP contribution in [0.25, 0.3) is 98.4 Å². The van der Waals surface area contributed by atoms with E-state index in [0.717, 1.165) is 0 Å². The van der Waals surface area contributed by atoms with Gasteiger partial charge in [-0.2, -0.15) is 0 Å². The molecule has 0 fully saturated rings. The highest BCUT2D eigenvalue weighted by Crippen LogP contribution is 2.44. The zero-order valence-corrected chi connectivity index (χ0v) is 23.8. The van der Waals surface area contributed by atoms with Crippen LogP contribution in [0.4, 0.5) is 0 Å². The van der Waals surface area contributed by atoms with Crippen molar-refractivity contribution >= 4 is 76.2 Å². The summed E-state index contributed by atoms with van der Waals surface area (Å²) in [7, 11) is 0. The van der Waals surface area contributed by atoms with Gasteiger partial charge in [-0.1, -0.05) is 115 Å². The zero-order valence-electron chi connectivity index (χ0n) is 23.8. The van der Waals surface area contributed by atoms with Gasteiger partial charge in [0, 0.05) is 48.7 Å². The molecular formula is C42H24N2. The molecule has 0 saturated carbocycles. The maximum atomic E-state index is 2.50. The Morgan fingerprint density at radius 3 is 1.52 bits per heavy atom. The van der Waals surface area contributed by atoms with Crippen molar-refractivity contribution in [3.05, 3.63) is 146 Å². The number of para-hydroxylation sites is 4. The van der Waals surface area contributed by atoms with E-state index < -0.39 is 0 Å². The molecule has 202 valence electrons. The molecule has 2 nitrogen and oxygen atoms in total. The van der Waals surface area contributed by atoms with Crippen LogP contribution in [-0.2, 0) is 0 Å². The molecule has 0 aliphatic rings. The van der Waals surface area contributed by atoms with Crippen molar-refractivity contribution in [3.8, 4) is 22.3 Å². The predicted molar refractivity (Wildman–Crippen MR) is 187 cm³/mol. The summed E-state index contributed by atoms with van der Waals surface area (Å²) in [6, 6.07) is 53.8. The predicted octanol–water partition coefficient (Wildman–Crippen LogP) is 11.3. The molecule has 4 aromatic heterocycles. The normalized spacial score (nSPS) is 12.5. The number of benzene rings is 7. The Kier molecular flexibility index (Phi) is 4.10. The molecule has 0 aliphatic heterocycles. The Morgan fingerprint density at radius 1 is 0.273 bits per heavy atom. The van der Waals surface area contributed by atoms with Crippen LogP contribution in [0.15, 0.2) is 146 Å². The zero-order chi connectivity index (χ0) is 28.5. The molecule has 2 heteroatoms. The maximum absolute atomic E-state index is 2.50. The van der Waals surface area contributed by atoms with E-state index in [9.17, 15) is 0 Å². The number of hydrogen-bond donors (Lipinski definition) is 0. The van der Waals surface area contributed by atoms with Crippen molar-refractivity contribution in [1.82, 2.24) is 8.80 Å². The Hall–Kier alpha value is -5.86. The molecular weight excluding hydrogens is 532 g/mol. The van der Waals surface area contributed by atoms with E-state index in [1.807, 2.05) is 0 Å². The molecule has 44 heavy (non-hydrogen) atoms. The van der Waals surface area contributed by atoms with Gasteiger partial charge in [0.1, 0.15) is 0 Å². The van der Waals surface area contributed by atoms with E-state index in [1.165, 1.54) is 98.4 Å². The largest absolute Gasteiger partial charge is 0.308 e. The lowest BCUT2D eigenvalue weighted by atomic mass is 9.98. The smallest absolute Gasteiger partial charge is 0.0620 e. The third-order valence-corrected chi connectivity index (χ3v) is 9.98. The van der Waals surface area contributed by atoms with Crippen LogP contribution < -0.4 is 0 Å². The highest BCUT2D eigenvalue weighted by atomic mass is 14.9. The highest BCUT2D eigenvalue weighted by Gasteiger charge is 2.21. The summed E-state index contributed by atoms with van der Waals surface area (Å²) in [6.07, 6.45) is 0. The summed E-state index contributed by atoms with van der Waals surface area (Å²) < 4.78 is 4.97. The van der Waals surface area contributed by atoms with Gasteiger partial charge in [-0.3, -0.25) is 0 Å². The van der Waals surface area contributed by atoms with Crippen LogP contribution in [0.5, 0.6) is 0 Å². The maximum Gasteiger partial charge on any atom is 0.0620 e. The van der Waals surface area contributed by atoms with Crippen LogP contribution in [-0.4, -0.2) is 8.80 Å². The lowest BCUT2D eigenvalue weighted by Crippen LogP contribution is -1.87. The minimum Gasteiger partial charge on any atom is -0.308 e. The summed E-state index contributed by atoms with van der Waals surface area (Å²) in [6.45, 7) is 0. The molecule has 0 atom stereocenters. The van der Waals surface area contributed by atoms with Crippen molar-refractivity contribution in [1.29, 1.82) is 0 Å². The van der Waals surface area contributed by atoms with Crippen molar-refractivity contribution in [2.75, 3.05) is 0 Å². The number of nitrogens with zero attached hydrogens (tertiary/aromatic N) is 2. The van der Waals surface area contributed by atoms with Gasteiger partial charge in [-0.25, -0.2) is 0 Å². The first-order valence-corrected chi connectivity index (χ1v) is 15.3. The van der Waals surface area contributed by atoms with Crippen LogP contribution in [0, 0.1) is 0 Å². The van der Waals surface area contributed by atoms with E-state index in [2.05, 4.69) is 154 Å². The Labute approximate surface area is 252 Å². The molecule has 0 aliphatic carbocycles. The fourth-order valence-electron chi connectivity index (χ4n) is 8.16. The van der Waals surface area contributed by atoms with E-state index in [4.69, 9.17) is 0 Å². The first-order chi connectivity index (χ1) is 21.8. The molecule has 11 rings (SSSR count). The lowest BCUT2D eigenvalue weighted by molar-refractivity contribution is 1.36. The topological polar surface area (TPSA) is 8.82 Å². The SMILES string of the molecule is c1ccc(-c2ccc3c(c2)c2cccc4c5cc(-c6cccc7c8cccc9c%10ccccc%10n(c67)c98)ccc5n3c24)cc1. The van der Waals surface area contributed by atoms with Crippen LogP contribution in [0.1, 0.15) is 0 Å². The van der Waals surface area contributed by atoms with Crippen molar-refractivity contribution in [2.24, 2.45) is 0 Å². The minimum atomic E-state index is 1.25. The van der Waals surface area contributed by atoms with Crippen LogP contribution in [0.3, 0.4) is 0 Å². The van der Waals surface area contributed by atoms with Crippen LogP contribution >= 0.6 is 0 Å². The summed E-state index contributed by atoms with van der Waals surface area (Å²) in [5, 5.41) is 10.5. The van der Waals surface area contributed by atoms with Gasteiger partial charge < -0.3 is 8.80 Å². The molecule has 0 amide bonds. The van der Waals surface area contributed by atoms with Crippen molar-refractivity contribution in [3.63, 3.8) is 0 Å². The Balaban J connectivity index is 1.21. The first kappa shape index (κ1) is 22.7. The monoisotopic (exact) mass is 556 g/mol. The molecule has 7 aromatic carbocycles. The van der Waals surface area contributed by atoms with Gasteiger partial charge in [-0.15, -0.1) is 0 Å². The quantitative estimate of drug-likeness (QED) is 0.200. The second-order valence-corrected chi connectivity index (χ2v) is 12.1. The summed E-state index contributed by atoms with van der Waals surface area (Å²) in [5.74, 6) is 0. The highest BCUT2D eigenvalue weighted by molar-refractivity contribution is 6.26. The number of fused-ring (bicyclic) bond motifs is 12. The van der Waals surface area contributed by atoms with Crippen LogP contribution in [0.2, 0.25) is 0 Å². The van der Waals surface area contributed by atoms with Gasteiger partial charge in [0.25, 0.3) is 0 Å². The third kappa shape index (κ3) is 2.68. The van der Waals surface area contributed by atoms with Gasteiger partial charge >= 0.3 is 0 Å². The fourth-order valence-corrected chi connectivity index (χ4v) is 8.16. The second-order valence-electron chi connectivity index (χ2n) is 12.1. The molecule has 4 heterocycles. The molecule has 0 bridgehead atoms. The molecule has 0 saturated heterocycles. The van der Waals surface area contributed by atoms with Gasteiger partial charge in [-0.05, 0) is 47.0 Å². The summed E-state index contributed by atoms with van der Waals surface area (Å²) >= 11 is 0. The molecule has 11 aromatic rings. The fraction of sp³-hybridized carbons (Fsp3) is 0. The first-order valence-electron chi connectivity index (χ1n) is 15.3. The average molecular weight is 557 g/mol. The third-order valence-electron chi connectivity index (χ3n) is 9.98. The number of aromatic nitrogens is 2. The van der Waals surface area contributed by atoms with E-state index in [0.29, 0.717) is 0 Å². The molecule has 0 unspecified atom stereocenters. The standard InChI is InChI=1S/C42H24N2/c1-2-9-25(10-3-1)26-19-21-38-35(23-26)33-16-8-17-34-36-24-27(20-22-39(36)43(38)41(33)34)28-12-6-14-31-32-15-7-13-30-29-11-4-5-18-37(29)44(40(28)31)42(30)32/h1-24H. The van der Waals surface area contributed by atoms with E-state index >= 15 is 0 Å². The average Bonchev–Trinajstić information content (AvgIpc) is 3.81. The molecule has 0 radical (unpaired) electrons. The van der Waals surface area contributed by atoms with E-state index in [1.54, 1.807) is 0 Å². The Bertz CT molecular complexity index is 2920. The lowest BCUT2D eigenvalue weighted by Gasteiger charge is -2.08. The van der Waals surface area contributed by atoms with Gasteiger partial charge in [0.05, 0.1) is 33.1 Å². The van der Waals surface area contributed by atoms with Crippen molar-refractivity contribution < 1.29 is 0 Å². The van der Waals surface area contributed by atoms with Crippen molar-refractivity contribution in [2.45, 2.75) is 0 Å². The summed E-state index contributed by atoms with van der Waals surface area (Å²) in [5.41, 5.74) is 12.7. The van der Waals surface area contributed by atoms with Gasteiger partial charge in [0.15, 0.2) is 0 Å². The van der Waals surface area contributed by atoms with Gasteiger partial charge in [0.2, 0.25) is 0 Å². The summed E-state index contributed by atoms with van der Waals surface area (Å²) in [4.78, 5) is 0. The number of hydrogen-bond acceptors (Lipinski definition) is 0. The van der Waals surface area contributed by atoms with E-state index in [-0.39, 0.29) is 0 Å².